The first-order valence-electron chi connectivity index (χ1n) is 14.1. The molecule has 1 N–H and O–H groups in total. The van der Waals surface area contributed by atoms with Crippen LogP contribution in [0.15, 0.2) is 36.5 Å². The van der Waals surface area contributed by atoms with Crippen LogP contribution in [-0.4, -0.2) is 44.8 Å². The van der Waals surface area contributed by atoms with E-state index in [1.165, 1.54) is 0 Å². The van der Waals surface area contributed by atoms with E-state index in [1.54, 1.807) is 6.92 Å². The SMILES string of the molecule is CCOC(=O)[C@H]1CC[C@H](n2ncc(C(=O)N(Cc3cc(F)cc(F)c3)CC(O)c3c(Cl)cc(C(F)F)cc3Cl)c2C(F)(F)F)CC1. The zero-order valence-corrected chi connectivity index (χ0v) is 25.7. The second kappa shape index (κ2) is 14.6. The van der Waals surface area contributed by atoms with Crippen molar-refractivity contribution in [2.24, 2.45) is 5.92 Å². The van der Waals surface area contributed by atoms with Crippen molar-refractivity contribution in [3.63, 3.8) is 0 Å². The molecule has 1 amide bonds. The third-order valence-corrected chi connectivity index (χ3v) is 8.25. The number of hydrogen-bond donors (Lipinski definition) is 1. The van der Waals surface area contributed by atoms with Gasteiger partial charge in [-0.1, -0.05) is 23.2 Å². The number of halogens is 9. The van der Waals surface area contributed by atoms with Crippen LogP contribution in [-0.2, 0) is 22.3 Å². The number of amides is 1. The minimum absolute atomic E-state index is 0.137. The molecule has 7 nitrogen and oxygen atoms in total. The Balaban J connectivity index is 1.70. The lowest BCUT2D eigenvalue weighted by atomic mass is 9.86. The van der Waals surface area contributed by atoms with E-state index in [9.17, 15) is 45.4 Å². The molecule has 46 heavy (non-hydrogen) atoms. The van der Waals surface area contributed by atoms with Crippen LogP contribution in [0.3, 0.4) is 0 Å². The maximum Gasteiger partial charge on any atom is 0.433 e. The first kappa shape index (κ1) is 35.5. The van der Waals surface area contributed by atoms with Gasteiger partial charge in [0.05, 0.1) is 43.0 Å². The van der Waals surface area contributed by atoms with E-state index in [2.05, 4.69) is 5.10 Å². The molecular weight excluding hydrogens is 670 g/mol. The minimum Gasteiger partial charge on any atom is -0.466 e. The Kier molecular flexibility index (Phi) is 11.3. The fourth-order valence-electron chi connectivity index (χ4n) is 5.55. The average Bonchev–Trinajstić information content (AvgIpc) is 3.42. The van der Waals surface area contributed by atoms with Gasteiger partial charge in [0, 0.05) is 33.8 Å². The lowest BCUT2D eigenvalue weighted by Crippen LogP contribution is -2.36. The van der Waals surface area contributed by atoms with Gasteiger partial charge in [0.2, 0.25) is 0 Å². The van der Waals surface area contributed by atoms with Gasteiger partial charge in [-0.2, -0.15) is 18.3 Å². The number of carbonyl (C=O) groups is 2. The van der Waals surface area contributed by atoms with Crippen molar-refractivity contribution < 1.29 is 50.2 Å². The van der Waals surface area contributed by atoms with Gasteiger partial charge in [0.15, 0.2) is 5.69 Å². The Morgan fingerprint density at radius 3 is 2.15 bits per heavy atom. The summed E-state index contributed by atoms with van der Waals surface area (Å²) in [5.41, 5.74) is -3.32. The summed E-state index contributed by atoms with van der Waals surface area (Å²) in [6.45, 7) is 0.314. The highest BCUT2D eigenvalue weighted by Crippen LogP contribution is 2.40. The molecule has 1 fully saturated rings. The number of aliphatic hydroxyl groups excluding tert-OH is 1. The number of carbonyl (C=O) groups excluding carboxylic acids is 2. The van der Waals surface area contributed by atoms with Gasteiger partial charge >= 0.3 is 12.1 Å². The van der Waals surface area contributed by atoms with Gasteiger partial charge in [0.1, 0.15) is 11.6 Å². The molecule has 2 aromatic carbocycles. The van der Waals surface area contributed by atoms with Crippen LogP contribution >= 0.6 is 23.2 Å². The molecule has 0 saturated heterocycles. The van der Waals surface area contributed by atoms with Crippen molar-refractivity contribution in [3.8, 4) is 0 Å². The van der Waals surface area contributed by atoms with E-state index >= 15 is 0 Å². The predicted octanol–water partition coefficient (Wildman–Crippen LogP) is 8.09. The molecule has 1 aliphatic carbocycles. The van der Waals surface area contributed by atoms with E-state index in [0.717, 1.165) is 24.3 Å². The molecule has 1 heterocycles. The highest BCUT2D eigenvalue weighted by Gasteiger charge is 2.43. The second-order valence-electron chi connectivity index (χ2n) is 10.8. The second-order valence-corrected chi connectivity index (χ2v) is 11.6. The number of esters is 1. The summed E-state index contributed by atoms with van der Waals surface area (Å²) in [5.74, 6) is -4.30. The maximum atomic E-state index is 14.5. The minimum atomic E-state index is -5.09. The molecule has 0 aliphatic heterocycles. The van der Waals surface area contributed by atoms with Gasteiger partial charge in [0.25, 0.3) is 12.3 Å². The summed E-state index contributed by atoms with van der Waals surface area (Å²) >= 11 is 12.2. The van der Waals surface area contributed by atoms with Crippen molar-refractivity contribution in [3.05, 3.63) is 86.2 Å². The predicted molar refractivity (Wildman–Crippen MR) is 152 cm³/mol. The topological polar surface area (TPSA) is 84.7 Å². The number of aromatic nitrogens is 2. The molecule has 0 bridgehead atoms. The summed E-state index contributed by atoms with van der Waals surface area (Å²) in [4.78, 5) is 26.6. The highest BCUT2D eigenvalue weighted by atomic mass is 35.5. The molecule has 3 aromatic rings. The summed E-state index contributed by atoms with van der Waals surface area (Å²) in [6, 6.07) is 3.12. The molecule has 0 spiro atoms. The smallest absolute Gasteiger partial charge is 0.433 e. The van der Waals surface area contributed by atoms with Crippen molar-refractivity contribution in [1.29, 1.82) is 0 Å². The number of benzene rings is 2. The zero-order chi connectivity index (χ0) is 33.9. The number of aliphatic hydroxyl groups is 1. The fourth-order valence-corrected chi connectivity index (χ4v) is 6.31. The molecule has 4 rings (SSSR count). The molecule has 1 aromatic heterocycles. The van der Waals surface area contributed by atoms with Crippen molar-refractivity contribution in [2.45, 2.75) is 63.9 Å². The van der Waals surface area contributed by atoms with Crippen LogP contribution in [0.4, 0.5) is 30.7 Å². The Morgan fingerprint density at radius 2 is 1.63 bits per heavy atom. The quantitative estimate of drug-likeness (QED) is 0.171. The Morgan fingerprint density at radius 1 is 1.04 bits per heavy atom. The largest absolute Gasteiger partial charge is 0.466 e. The first-order valence-corrected chi connectivity index (χ1v) is 14.9. The Bertz CT molecular complexity index is 1530. The average molecular weight is 698 g/mol. The molecular formula is C30H28Cl2F7N3O4. The molecule has 250 valence electrons. The van der Waals surface area contributed by atoms with Crippen LogP contribution in [0.25, 0.3) is 0 Å². The van der Waals surface area contributed by atoms with E-state index in [1.807, 2.05) is 0 Å². The Hall–Kier alpha value is -3.36. The first-order chi connectivity index (χ1) is 21.6. The summed E-state index contributed by atoms with van der Waals surface area (Å²) in [7, 11) is 0. The van der Waals surface area contributed by atoms with Gasteiger partial charge in [-0.3, -0.25) is 14.3 Å². The zero-order valence-electron chi connectivity index (χ0n) is 24.1. The molecule has 1 unspecified atom stereocenters. The van der Waals surface area contributed by atoms with Crippen molar-refractivity contribution in [1.82, 2.24) is 14.7 Å². The summed E-state index contributed by atoms with van der Waals surface area (Å²) in [5, 5.41) is 14.1. The number of rotatable bonds is 10. The standard InChI is InChI=1S/C30H28Cl2F7N3O4/c1-2-46-29(45)16-3-5-20(6-4-16)42-26(30(37,38)39)21(12-40-42)28(44)41(13-15-7-18(33)11-19(34)8-15)14-24(43)25-22(31)9-17(27(35)36)10-23(25)32/h7-12,16,20,24,27,43H,2-6,13-14H2,1H3/t16-,20-,24?. The van der Waals surface area contributed by atoms with Crippen LogP contribution in [0.1, 0.15) is 83.9 Å². The maximum absolute atomic E-state index is 14.5. The number of hydrogen-bond acceptors (Lipinski definition) is 5. The van der Waals surface area contributed by atoms with Gasteiger partial charge in [-0.15, -0.1) is 0 Å². The van der Waals surface area contributed by atoms with Crippen molar-refractivity contribution >= 4 is 35.1 Å². The van der Waals surface area contributed by atoms with Crippen LogP contribution in [0.5, 0.6) is 0 Å². The van der Waals surface area contributed by atoms with Crippen LogP contribution in [0, 0.1) is 17.6 Å². The third-order valence-electron chi connectivity index (χ3n) is 7.62. The number of ether oxygens (including phenoxy) is 1. The monoisotopic (exact) mass is 697 g/mol. The number of nitrogens with zero attached hydrogens (tertiary/aromatic N) is 3. The van der Waals surface area contributed by atoms with Crippen LogP contribution < -0.4 is 0 Å². The lowest BCUT2D eigenvalue weighted by molar-refractivity contribution is -0.151. The molecule has 16 heteroatoms. The molecule has 0 radical (unpaired) electrons. The van der Waals surface area contributed by atoms with Gasteiger partial charge < -0.3 is 14.7 Å². The van der Waals surface area contributed by atoms with E-state index in [0.29, 0.717) is 21.8 Å². The van der Waals surface area contributed by atoms with Gasteiger partial charge in [-0.05, 0) is 62.4 Å². The fraction of sp³-hybridized carbons (Fsp3) is 0.433. The lowest BCUT2D eigenvalue weighted by Gasteiger charge is -2.29. The highest BCUT2D eigenvalue weighted by molar-refractivity contribution is 6.36. The Labute approximate surface area is 268 Å². The third kappa shape index (κ3) is 8.13. The van der Waals surface area contributed by atoms with Crippen molar-refractivity contribution in [2.75, 3.05) is 13.2 Å². The molecule has 1 saturated carbocycles. The summed E-state index contributed by atoms with van der Waals surface area (Å²) < 4.78 is 104. The van der Waals surface area contributed by atoms with E-state index < -0.39 is 94.1 Å². The molecule has 1 aliphatic rings. The van der Waals surface area contributed by atoms with E-state index in [-0.39, 0.29) is 43.4 Å². The van der Waals surface area contributed by atoms with Crippen LogP contribution in [0.2, 0.25) is 10.0 Å². The normalized spacial score (nSPS) is 17.7. The molecule has 1 atom stereocenters. The number of alkyl halides is 5. The van der Waals surface area contributed by atoms with E-state index in [4.69, 9.17) is 27.9 Å². The summed E-state index contributed by atoms with van der Waals surface area (Å²) in [6.07, 6.45) is -8.41. The van der Waals surface area contributed by atoms with Gasteiger partial charge in [-0.25, -0.2) is 17.6 Å².